The molecule has 4 N–H and O–H groups in total. The van der Waals surface area contributed by atoms with Gasteiger partial charge in [-0.25, -0.2) is 0 Å². The molecule has 0 saturated heterocycles. The summed E-state index contributed by atoms with van der Waals surface area (Å²) in [6.45, 7) is -0.105. The topological polar surface area (TPSA) is 75.3 Å². The molecule has 0 aliphatic carbocycles. The Kier molecular flexibility index (Phi) is 3.88. The van der Waals surface area contributed by atoms with E-state index in [4.69, 9.17) is 22.4 Å². The fourth-order valence-electron chi connectivity index (χ4n) is 0.899. The Morgan fingerprint density at radius 2 is 2.36 bits per heavy atom. The molecule has 0 radical (unpaired) electrons. The van der Waals surface area contributed by atoms with Gasteiger partial charge in [0.25, 0.3) is 5.91 Å². The van der Waals surface area contributed by atoms with Crippen molar-refractivity contribution in [3.05, 3.63) is 29.3 Å². The number of hydrogen-bond donors (Lipinski definition) is 3. The zero-order valence-electron chi connectivity index (χ0n) is 7.40. The summed E-state index contributed by atoms with van der Waals surface area (Å²) in [6.07, 6.45) is -1.19. The quantitative estimate of drug-likeness (QED) is 0.690. The van der Waals surface area contributed by atoms with Crippen LogP contribution >= 0.6 is 11.6 Å². The number of nitrogens with two attached hydrogens (primary N) is 1. The number of anilines is 1. The van der Waals surface area contributed by atoms with Gasteiger partial charge in [0, 0.05) is 17.3 Å². The van der Waals surface area contributed by atoms with E-state index in [0.29, 0.717) is 10.7 Å². The summed E-state index contributed by atoms with van der Waals surface area (Å²) in [5.41, 5.74) is 5.66. The van der Waals surface area contributed by atoms with Crippen LogP contribution in [-0.2, 0) is 4.79 Å². The second-order valence-electron chi connectivity index (χ2n) is 2.75. The Morgan fingerprint density at radius 1 is 1.64 bits per heavy atom. The Bertz CT molecular complexity index is 330. The number of nitrogens with one attached hydrogen (secondary N) is 1. The normalized spacial score (nSPS) is 12.2. The predicted molar refractivity (Wildman–Crippen MR) is 55.1 cm³/mol. The molecule has 0 heterocycles. The molecule has 0 spiro atoms. The zero-order valence-corrected chi connectivity index (χ0v) is 8.16. The van der Waals surface area contributed by atoms with Crippen molar-refractivity contribution in [3.63, 3.8) is 0 Å². The first kappa shape index (κ1) is 11.0. The average Bonchev–Trinajstić information content (AvgIpc) is 2.16. The third kappa shape index (κ3) is 2.99. The number of hydrogen-bond acceptors (Lipinski definition) is 3. The molecule has 5 heteroatoms. The van der Waals surface area contributed by atoms with E-state index in [2.05, 4.69) is 5.32 Å². The minimum absolute atomic E-state index is 0.105. The highest BCUT2D eigenvalue weighted by atomic mass is 35.5. The molecule has 0 bridgehead atoms. The summed E-state index contributed by atoms with van der Waals surface area (Å²) in [4.78, 5) is 11.2. The van der Waals surface area contributed by atoms with Crippen molar-refractivity contribution in [2.75, 3.05) is 11.9 Å². The lowest BCUT2D eigenvalue weighted by molar-refractivity contribution is -0.123. The van der Waals surface area contributed by atoms with Crippen LogP contribution in [0.2, 0.25) is 5.02 Å². The molecule has 14 heavy (non-hydrogen) atoms. The number of carbonyl (C=O) groups excluding carboxylic acids is 1. The lowest BCUT2D eigenvalue weighted by Gasteiger charge is -2.08. The summed E-state index contributed by atoms with van der Waals surface area (Å²) in [7, 11) is 0. The van der Waals surface area contributed by atoms with Gasteiger partial charge < -0.3 is 16.2 Å². The molecule has 1 rings (SSSR count). The molecule has 76 valence electrons. The van der Waals surface area contributed by atoms with Crippen molar-refractivity contribution in [1.29, 1.82) is 0 Å². The first-order chi connectivity index (χ1) is 6.63. The number of amides is 1. The molecular weight excluding hydrogens is 204 g/mol. The largest absolute Gasteiger partial charge is 0.382 e. The van der Waals surface area contributed by atoms with E-state index in [0.717, 1.165) is 0 Å². The number of aliphatic hydroxyl groups is 1. The highest BCUT2D eigenvalue weighted by molar-refractivity contribution is 6.30. The Hall–Kier alpha value is -1.10. The van der Waals surface area contributed by atoms with Crippen molar-refractivity contribution in [2.45, 2.75) is 6.10 Å². The number of halogens is 1. The van der Waals surface area contributed by atoms with Crippen molar-refractivity contribution in [1.82, 2.24) is 0 Å². The van der Waals surface area contributed by atoms with Crippen LogP contribution in [-0.4, -0.2) is 23.7 Å². The second kappa shape index (κ2) is 4.95. The van der Waals surface area contributed by atoms with Gasteiger partial charge in [0.15, 0.2) is 0 Å². The van der Waals surface area contributed by atoms with Gasteiger partial charge in [-0.1, -0.05) is 17.7 Å². The highest BCUT2D eigenvalue weighted by Gasteiger charge is 2.12. The van der Waals surface area contributed by atoms with E-state index < -0.39 is 12.0 Å². The predicted octanol–water partition coefficient (Wildman–Crippen LogP) is 0.598. The first-order valence-electron chi connectivity index (χ1n) is 4.08. The molecule has 0 aliphatic heterocycles. The van der Waals surface area contributed by atoms with Crippen LogP contribution in [0.25, 0.3) is 0 Å². The number of carbonyl (C=O) groups is 1. The molecule has 1 amide bonds. The Labute approximate surface area is 86.7 Å². The molecule has 1 aromatic carbocycles. The second-order valence-corrected chi connectivity index (χ2v) is 3.19. The molecule has 0 aliphatic rings. The van der Waals surface area contributed by atoms with Gasteiger partial charge in [-0.2, -0.15) is 0 Å². The number of benzene rings is 1. The number of aliphatic hydroxyl groups excluding tert-OH is 1. The fraction of sp³-hybridized carbons (Fsp3) is 0.222. The maximum Gasteiger partial charge on any atom is 0.254 e. The lowest BCUT2D eigenvalue weighted by atomic mass is 10.3. The van der Waals surface area contributed by atoms with Crippen LogP contribution in [0.3, 0.4) is 0 Å². The smallest absolute Gasteiger partial charge is 0.254 e. The first-order valence-corrected chi connectivity index (χ1v) is 4.46. The SMILES string of the molecule is NCC(O)C(=O)Nc1cccc(Cl)c1. The Morgan fingerprint density at radius 3 is 2.93 bits per heavy atom. The molecule has 0 aromatic heterocycles. The Balaban J connectivity index is 2.65. The summed E-state index contributed by atoms with van der Waals surface area (Å²) in [5, 5.41) is 12.1. The monoisotopic (exact) mass is 214 g/mol. The van der Waals surface area contributed by atoms with Gasteiger partial charge in [0.05, 0.1) is 0 Å². The highest BCUT2D eigenvalue weighted by Crippen LogP contribution is 2.14. The fourth-order valence-corrected chi connectivity index (χ4v) is 1.09. The van der Waals surface area contributed by atoms with Gasteiger partial charge in [-0.3, -0.25) is 4.79 Å². The van der Waals surface area contributed by atoms with Crippen LogP contribution in [0.5, 0.6) is 0 Å². The molecule has 1 atom stereocenters. The van der Waals surface area contributed by atoms with Gasteiger partial charge in [0.2, 0.25) is 0 Å². The van der Waals surface area contributed by atoms with Gasteiger partial charge >= 0.3 is 0 Å². The van der Waals surface area contributed by atoms with Gasteiger partial charge in [-0.15, -0.1) is 0 Å². The van der Waals surface area contributed by atoms with Crippen LogP contribution in [0.15, 0.2) is 24.3 Å². The molecule has 1 aromatic rings. The van der Waals surface area contributed by atoms with E-state index in [1.54, 1.807) is 24.3 Å². The minimum Gasteiger partial charge on any atom is -0.382 e. The minimum atomic E-state index is -1.19. The maximum atomic E-state index is 11.2. The molecule has 1 unspecified atom stereocenters. The van der Waals surface area contributed by atoms with E-state index in [-0.39, 0.29) is 6.54 Å². The van der Waals surface area contributed by atoms with E-state index in [1.165, 1.54) is 0 Å². The van der Waals surface area contributed by atoms with E-state index in [9.17, 15) is 4.79 Å². The zero-order chi connectivity index (χ0) is 10.6. The van der Waals surface area contributed by atoms with Crippen molar-refractivity contribution >= 4 is 23.2 Å². The maximum absolute atomic E-state index is 11.2. The summed E-state index contributed by atoms with van der Waals surface area (Å²) in [6, 6.07) is 6.65. The van der Waals surface area contributed by atoms with Crippen LogP contribution in [0.4, 0.5) is 5.69 Å². The van der Waals surface area contributed by atoms with Crippen molar-refractivity contribution in [3.8, 4) is 0 Å². The van der Waals surface area contributed by atoms with Crippen LogP contribution < -0.4 is 11.1 Å². The van der Waals surface area contributed by atoms with Crippen LogP contribution in [0, 0.1) is 0 Å². The molecule has 0 fully saturated rings. The molecule has 4 nitrogen and oxygen atoms in total. The third-order valence-electron chi connectivity index (χ3n) is 1.62. The third-order valence-corrected chi connectivity index (χ3v) is 1.85. The van der Waals surface area contributed by atoms with Crippen molar-refractivity contribution < 1.29 is 9.90 Å². The lowest BCUT2D eigenvalue weighted by Crippen LogP contribution is -2.34. The van der Waals surface area contributed by atoms with Crippen LogP contribution in [0.1, 0.15) is 0 Å². The average molecular weight is 215 g/mol. The summed E-state index contributed by atoms with van der Waals surface area (Å²) >= 11 is 5.70. The summed E-state index contributed by atoms with van der Waals surface area (Å²) < 4.78 is 0. The van der Waals surface area contributed by atoms with Crippen molar-refractivity contribution in [2.24, 2.45) is 5.73 Å². The van der Waals surface area contributed by atoms with E-state index >= 15 is 0 Å². The number of rotatable bonds is 3. The standard InChI is InChI=1S/C9H11ClN2O2/c10-6-2-1-3-7(4-6)12-9(14)8(13)5-11/h1-4,8,13H,5,11H2,(H,12,14). The molecular formula is C9H11ClN2O2. The van der Waals surface area contributed by atoms with E-state index in [1.807, 2.05) is 0 Å². The van der Waals surface area contributed by atoms with Gasteiger partial charge in [-0.05, 0) is 18.2 Å². The molecule has 0 saturated carbocycles. The van der Waals surface area contributed by atoms with Gasteiger partial charge in [0.1, 0.15) is 6.10 Å². The summed E-state index contributed by atoms with van der Waals surface area (Å²) in [5.74, 6) is -0.533.